The summed E-state index contributed by atoms with van der Waals surface area (Å²) in [5, 5.41) is 9.93. The number of carbonyl (C=O) groups is 1. The molecule has 2 N–H and O–H groups in total. The van der Waals surface area contributed by atoms with E-state index in [9.17, 15) is 4.79 Å². The van der Waals surface area contributed by atoms with Crippen LogP contribution in [0.5, 0.6) is 5.75 Å². The highest BCUT2D eigenvalue weighted by Crippen LogP contribution is 2.23. The van der Waals surface area contributed by atoms with Gasteiger partial charge in [0.25, 0.3) is 5.91 Å². The molecule has 0 saturated heterocycles. The molecule has 0 bridgehead atoms. The van der Waals surface area contributed by atoms with E-state index in [-0.39, 0.29) is 5.91 Å². The summed E-state index contributed by atoms with van der Waals surface area (Å²) in [6, 6.07) is 17.1. The Morgan fingerprint density at radius 1 is 1.11 bits per heavy atom. The van der Waals surface area contributed by atoms with Crippen LogP contribution in [-0.2, 0) is 0 Å². The number of hydrogen-bond donors (Lipinski definition) is 2. The lowest BCUT2D eigenvalue weighted by Gasteiger charge is -2.21. The van der Waals surface area contributed by atoms with Crippen molar-refractivity contribution in [3.8, 4) is 17.0 Å². The molecule has 140 valence electrons. The maximum Gasteiger partial charge on any atom is 0.273 e. The van der Waals surface area contributed by atoms with E-state index in [1.807, 2.05) is 48.5 Å². The Labute approximate surface area is 159 Å². The van der Waals surface area contributed by atoms with Crippen molar-refractivity contribution in [3.05, 3.63) is 60.3 Å². The highest BCUT2D eigenvalue weighted by molar-refractivity contribution is 6.03. The van der Waals surface area contributed by atoms with Gasteiger partial charge in [-0.05, 0) is 56.3 Å². The van der Waals surface area contributed by atoms with Crippen LogP contribution in [0.2, 0.25) is 0 Å². The fourth-order valence-electron chi connectivity index (χ4n) is 2.91. The van der Waals surface area contributed by atoms with E-state index in [0.717, 1.165) is 35.8 Å². The van der Waals surface area contributed by atoms with Gasteiger partial charge in [-0.1, -0.05) is 12.1 Å². The van der Waals surface area contributed by atoms with Crippen molar-refractivity contribution in [1.29, 1.82) is 0 Å². The zero-order valence-corrected chi connectivity index (χ0v) is 15.8. The van der Waals surface area contributed by atoms with Crippen LogP contribution >= 0.6 is 0 Å². The molecular weight excluding hydrogens is 340 g/mol. The topological polar surface area (TPSA) is 70.2 Å². The Kier molecular flexibility index (Phi) is 5.76. The monoisotopic (exact) mass is 364 g/mol. The summed E-state index contributed by atoms with van der Waals surface area (Å²) in [6.07, 6.45) is 0. The average molecular weight is 364 g/mol. The standard InChI is InChI=1S/C21H24N4O2/c1-4-25(5-2)17-11-9-16(10-12-17)22-21(26)20-14-19(23-24-20)15-7-6-8-18(13-15)27-3/h6-14H,4-5H2,1-3H3,(H,22,26)(H,23,24). The molecule has 0 atom stereocenters. The zero-order chi connectivity index (χ0) is 19.2. The molecule has 2 aromatic carbocycles. The quantitative estimate of drug-likeness (QED) is 0.660. The summed E-state index contributed by atoms with van der Waals surface area (Å²) in [5.74, 6) is 0.516. The number of aromatic nitrogens is 2. The molecule has 1 aromatic heterocycles. The maximum atomic E-state index is 12.5. The smallest absolute Gasteiger partial charge is 0.273 e. The number of H-pyrrole nitrogens is 1. The molecule has 0 radical (unpaired) electrons. The van der Waals surface area contributed by atoms with Crippen LogP contribution in [0.3, 0.4) is 0 Å². The predicted octanol–water partition coefficient (Wildman–Crippen LogP) is 4.18. The second-order valence-corrected chi connectivity index (χ2v) is 6.07. The third kappa shape index (κ3) is 4.28. The molecule has 1 amide bonds. The molecule has 3 rings (SSSR count). The number of amides is 1. The van der Waals surface area contributed by atoms with Crippen LogP contribution in [0.1, 0.15) is 24.3 Å². The van der Waals surface area contributed by atoms with Crippen molar-refractivity contribution in [3.63, 3.8) is 0 Å². The molecule has 6 nitrogen and oxygen atoms in total. The summed E-state index contributed by atoms with van der Waals surface area (Å²) in [6.45, 7) is 6.14. The van der Waals surface area contributed by atoms with Gasteiger partial charge in [-0.2, -0.15) is 5.10 Å². The minimum absolute atomic E-state index is 0.229. The number of ether oxygens (including phenoxy) is 1. The largest absolute Gasteiger partial charge is 0.497 e. The Morgan fingerprint density at radius 3 is 2.52 bits per heavy atom. The van der Waals surface area contributed by atoms with Gasteiger partial charge in [-0.25, -0.2) is 0 Å². The van der Waals surface area contributed by atoms with Crippen LogP contribution < -0.4 is 15.0 Å². The van der Waals surface area contributed by atoms with E-state index < -0.39 is 0 Å². The number of nitrogens with zero attached hydrogens (tertiary/aromatic N) is 2. The molecule has 0 aliphatic rings. The Morgan fingerprint density at radius 2 is 1.85 bits per heavy atom. The third-order valence-electron chi connectivity index (χ3n) is 4.44. The van der Waals surface area contributed by atoms with Gasteiger partial charge in [0.1, 0.15) is 11.4 Å². The van der Waals surface area contributed by atoms with E-state index in [1.165, 1.54) is 0 Å². The van der Waals surface area contributed by atoms with Gasteiger partial charge < -0.3 is 15.0 Å². The SMILES string of the molecule is CCN(CC)c1ccc(NC(=O)c2cc(-c3cccc(OC)c3)n[nH]2)cc1. The number of methoxy groups -OCH3 is 1. The number of carbonyl (C=O) groups excluding carboxylic acids is 1. The van der Waals surface area contributed by atoms with Crippen molar-refractivity contribution in [2.75, 3.05) is 30.4 Å². The van der Waals surface area contributed by atoms with Crippen LogP contribution in [0, 0.1) is 0 Å². The van der Waals surface area contributed by atoms with Gasteiger partial charge in [0.2, 0.25) is 0 Å². The van der Waals surface area contributed by atoms with Crippen LogP contribution in [0.4, 0.5) is 11.4 Å². The summed E-state index contributed by atoms with van der Waals surface area (Å²) < 4.78 is 5.23. The number of anilines is 2. The van der Waals surface area contributed by atoms with E-state index in [2.05, 4.69) is 34.3 Å². The van der Waals surface area contributed by atoms with E-state index in [1.54, 1.807) is 13.2 Å². The molecule has 0 aliphatic heterocycles. The highest BCUT2D eigenvalue weighted by atomic mass is 16.5. The predicted molar refractivity (Wildman–Crippen MR) is 109 cm³/mol. The molecule has 0 saturated carbocycles. The number of aromatic amines is 1. The van der Waals surface area contributed by atoms with E-state index in [4.69, 9.17) is 4.74 Å². The number of hydrogen-bond acceptors (Lipinski definition) is 4. The normalized spacial score (nSPS) is 10.5. The number of benzene rings is 2. The lowest BCUT2D eigenvalue weighted by Crippen LogP contribution is -2.21. The lowest BCUT2D eigenvalue weighted by atomic mass is 10.1. The highest BCUT2D eigenvalue weighted by Gasteiger charge is 2.12. The molecule has 0 aliphatic carbocycles. The van der Waals surface area contributed by atoms with Crippen molar-refractivity contribution in [1.82, 2.24) is 10.2 Å². The van der Waals surface area contributed by atoms with Gasteiger partial charge in [0.05, 0.1) is 12.8 Å². The molecule has 0 unspecified atom stereocenters. The molecular formula is C21H24N4O2. The lowest BCUT2D eigenvalue weighted by molar-refractivity contribution is 0.102. The molecule has 6 heteroatoms. The molecule has 1 heterocycles. The second-order valence-electron chi connectivity index (χ2n) is 6.07. The van der Waals surface area contributed by atoms with Crippen LogP contribution in [0.15, 0.2) is 54.6 Å². The summed E-state index contributed by atoms with van der Waals surface area (Å²) in [4.78, 5) is 14.7. The molecule has 0 fully saturated rings. The Hall–Kier alpha value is -3.28. The minimum Gasteiger partial charge on any atom is -0.497 e. The fourth-order valence-corrected chi connectivity index (χ4v) is 2.91. The van der Waals surface area contributed by atoms with Gasteiger partial charge >= 0.3 is 0 Å². The maximum absolute atomic E-state index is 12.5. The van der Waals surface area contributed by atoms with Crippen molar-refractivity contribution in [2.45, 2.75) is 13.8 Å². The first-order valence-corrected chi connectivity index (χ1v) is 9.00. The summed E-state index contributed by atoms with van der Waals surface area (Å²) >= 11 is 0. The zero-order valence-electron chi connectivity index (χ0n) is 15.8. The molecule has 27 heavy (non-hydrogen) atoms. The second kappa shape index (κ2) is 8.40. The summed E-state index contributed by atoms with van der Waals surface area (Å²) in [5.41, 5.74) is 3.86. The van der Waals surface area contributed by atoms with Crippen molar-refractivity contribution < 1.29 is 9.53 Å². The van der Waals surface area contributed by atoms with Crippen LogP contribution in [0.25, 0.3) is 11.3 Å². The third-order valence-corrected chi connectivity index (χ3v) is 4.44. The van der Waals surface area contributed by atoms with Crippen LogP contribution in [-0.4, -0.2) is 36.3 Å². The number of rotatable bonds is 7. The first kappa shape index (κ1) is 18.5. The van der Waals surface area contributed by atoms with Gasteiger partial charge in [-0.3, -0.25) is 9.89 Å². The van der Waals surface area contributed by atoms with Gasteiger partial charge in [-0.15, -0.1) is 0 Å². The van der Waals surface area contributed by atoms with Gasteiger partial charge in [0.15, 0.2) is 0 Å². The molecule has 0 spiro atoms. The Balaban J connectivity index is 1.71. The van der Waals surface area contributed by atoms with Gasteiger partial charge in [0, 0.05) is 30.0 Å². The van der Waals surface area contributed by atoms with Crippen molar-refractivity contribution in [2.24, 2.45) is 0 Å². The Bertz CT molecular complexity index is 899. The fraction of sp³-hybridized carbons (Fsp3) is 0.238. The first-order valence-electron chi connectivity index (χ1n) is 9.00. The molecule has 3 aromatic rings. The average Bonchev–Trinajstić information content (AvgIpc) is 3.21. The minimum atomic E-state index is -0.229. The van der Waals surface area contributed by atoms with E-state index >= 15 is 0 Å². The van der Waals surface area contributed by atoms with E-state index in [0.29, 0.717) is 11.4 Å². The first-order chi connectivity index (χ1) is 13.1. The summed E-state index contributed by atoms with van der Waals surface area (Å²) in [7, 11) is 1.62. The van der Waals surface area contributed by atoms with Crippen molar-refractivity contribution >= 4 is 17.3 Å². The number of nitrogens with one attached hydrogen (secondary N) is 2.